The van der Waals surface area contributed by atoms with Gasteiger partial charge in [-0.1, -0.05) is 17.8 Å². The van der Waals surface area contributed by atoms with Crippen LogP contribution in [0.25, 0.3) is 10.8 Å². The van der Waals surface area contributed by atoms with Gasteiger partial charge in [0.25, 0.3) is 5.89 Å². The molecule has 0 aliphatic rings. The maximum absolute atomic E-state index is 5.48. The Hall–Kier alpha value is -1.34. The van der Waals surface area contributed by atoms with Gasteiger partial charge in [0.1, 0.15) is 4.88 Å². The van der Waals surface area contributed by atoms with E-state index in [2.05, 4.69) is 26.7 Å². The Morgan fingerprint density at radius 1 is 1.25 bits per heavy atom. The zero-order valence-corrected chi connectivity index (χ0v) is 9.83. The molecule has 0 radical (unpaired) electrons. The highest BCUT2D eigenvalue weighted by molar-refractivity contribution is 7.09. The highest BCUT2D eigenvalue weighted by atomic mass is 32.1. The molecule has 2 aromatic rings. The molecule has 0 saturated carbocycles. The van der Waals surface area contributed by atoms with Crippen molar-refractivity contribution in [3.8, 4) is 10.8 Å². The summed E-state index contributed by atoms with van der Waals surface area (Å²) in [6.07, 6.45) is 2.49. The number of aryl methyl sites for hydroxylation is 1. The van der Waals surface area contributed by atoms with Crippen molar-refractivity contribution in [3.05, 3.63) is 11.6 Å². The standard InChI is InChI=1S/C9H13N5OS/c1-2-3-6-8(16-14-11-6)9-13-12-7(15-9)4-5-10/h2-5,10H2,1H3. The van der Waals surface area contributed by atoms with E-state index in [1.165, 1.54) is 11.5 Å². The van der Waals surface area contributed by atoms with Crippen LogP contribution in [0.3, 0.4) is 0 Å². The van der Waals surface area contributed by atoms with E-state index >= 15 is 0 Å². The summed E-state index contributed by atoms with van der Waals surface area (Å²) in [5.74, 6) is 1.07. The predicted molar refractivity (Wildman–Crippen MR) is 60.0 cm³/mol. The van der Waals surface area contributed by atoms with E-state index in [1.54, 1.807) is 0 Å². The van der Waals surface area contributed by atoms with Gasteiger partial charge in [-0.2, -0.15) is 0 Å². The molecule has 86 valence electrons. The molecule has 16 heavy (non-hydrogen) atoms. The molecular weight excluding hydrogens is 226 g/mol. The first-order valence-electron chi connectivity index (χ1n) is 5.19. The second-order valence-corrected chi connectivity index (χ2v) is 4.09. The average Bonchev–Trinajstić information content (AvgIpc) is 2.87. The van der Waals surface area contributed by atoms with Gasteiger partial charge < -0.3 is 10.2 Å². The molecule has 2 rings (SSSR count). The number of rotatable bonds is 5. The molecule has 0 aliphatic carbocycles. The minimum atomic E-state index is 0.502. The first kappa shape index (κ1) is 11.2. The third-order valence-corrected chi connectivity index (χ3v) is 2.82. The largest absolute Gasteiger partial charge is 0.420 e. The molecule has 7 heteroatoms. The van der Waals surface area contributed by atoms with Gasteiger partial charge in [-0.3, -0.25) is 0 Å². The summed E-state index contributed by atoms with van der Waals surface area (Å²) in [4.78, 5) is 0.873. The molecule has 0 saturated heterocycles. The summed E-state index contributed by atoms with van der Waals surface area (Å²) < 4.78 is 9.40. The van der Waals surface area contributed by atoms with Gasteiger partial charge in [-0.25, -0.2) is 0 Å². The van der Waals surface area contributed by atoms with Crippen LogP contribution in [0.15, 0.2) is 4.42 Å². The Kier molecular flexibility index (Phi) is 3.58. The Morgan fingerprint density at radius 3 is 2.88 bits per heavy atom. The second kappa shape index (κ2) is 5.13. The van der Waals surface area contributed by atoms with E-state index in [1.807, 2.05) is 0 Å². The van der Waals surface area contributed by atoms with Crippen LogP contribution in [0.4, 0.5) is 0 Å². The topological polar surface area (TPSA) is 90.7 Å². The molecule has 0 atom stereocenters. The van der Waals surface area contributed by atoms with Crippen LogP contribution >= 0.6 is 11.5 Å². The van der Waals surface area contributed by atoms with Crippen molar-refractivity contribution in [3.63, 3.8) is 0 Å². The fourth-order valence-electron chi connectivity index (χ4n) is 1.34. The van der Waals surface area contributed by atoms with E-state index in [0.29, 0.717) is 24.7 Å². The third kappa shape index (κ3) is 2.25. The van der Waals surface area contributed by atoms with Crippen LogP contribution in [0.1, 0.15) is 24.9 Å². The Labute approximate surface area is 97.0 Å². The molecule has 2 heterocycles. The van der Waals surface area contributed by atoms with Gasteiger partial charge in [-0.15, -0.1) is 15.3 Å². The van der Waals surface area contributed by atoms with E-state index < -0.39 is 0 Å². The quantitative estimate of drug-likeness (QED) is 0.838. The van der Waals surface area contributed by atoms with Crippen molar-refractivity contribution in [1.82, 2.24) is 19.8 Å². The number of hydrogen-bond donors (Lipinski definition) is 1. The molecule has 0 amide bonds. The fraction of sp³-hybridized carbons (Fsp3) is 0.556. The zero-order valence-electron chi connectivity index (χ0n) is 9.01. The Balaban J connectivity index is 2.24. The monoisotopic (exact) mass is 239 g/mol. The number of nitrogens with zero attached hydrogens (tertiary/aromatic N) is 4. The van der Waals surface area contributed by atoms with Crippen molar-refractivity contribution in [2.45, 2.75) is 26.2 Å². The Bertz CT molecular complexity index is 452. The van der Waals surface area contributed by atoms with Crippen LogP contribution in [0.5, 0.6) is 0 Å². The first-order valence-corrected chi connectivity index (χ1v) is 5.96. The van der Waals surface area contributed by atoms with Crippen LogP contribution in [0, 0.1) is 0 Å². The maximum atomic E-state index is 5.48. The predicted octanol–water partition coefficient (Wildman–Crippen LogP) is 1.04. The third-order valence-electron chi connectivity index (χ3n) is 2.06. The van der Waals surface area contributed by atoms with Gasteiger partial charge in [0.05, 0.1) is 5.69 Å². The van der Waals surface area contributed by atoms with E-state index in [0.717, 1.165) is 23.4 Å². The summed E-state index contributed by atoms with van der Waals surface area (Å²) in [6, 6.07) is 0. The molecule has 0 spiro atoms. The smallest absolute Gasteiger partial charge is 0.261 e. The summed E-state index contributed by atoms with van der Waals surface area (Å²) in [5.41, 5.74) is 6.34. The molecule has 2 N–H and O–H groups in total. The molecule has 0 bridgehead atoms. The van der Waals surface area contributed by atoms with Crippen molar-refractivity contribution in [2.24, 2.45) is 5.73 Å². The lowest BCUT2D eigenvalue weighted by molar-refractivity contribution is 0.507. The molecule has 2 aromatic heterocycles. The number of aromatic nitrogens is 4. The van der Waals surface area contributed by atoms with Crippen LogP contribution in [-0.2, 0) is 12.8 Å². The maximum Gasteiger partial charge on any atom is 0.261 e. The second-order valence-electron chi connectivity index (χ2n) is 3.34. The van der Waals surface area contributed by atoms with Crippen molar-refractivity contribution >= 4 is 11.5 Å². The molecule has 0 fully saturated rings. The van der Waals surface area contributed by atoms with Crippen LogP contribution in [-0.4, -0.2) is 26.3 Å². The average molecular weight is 239 g/mol. The van der Waals surface area contributed by atoms with Gasteiger partial charge in [-0.05, 0) is 18.0 Å². The first-order chi connectivity index (χ1) is 7.85. The number of hydrogen-bond acceptors (Lipinski definition) is 7. The summed E-state index contributed by atoms with van der Waals surface area (Å²) in [6.45, 7) is 2.60. The highest BCUT2D eigenvalue weighted by Crippen LogP contribution is 2.25. The normalized spacial score (nSPS) is 10.9. The lowest BCUT2D eigenvalue weighted by Crippen LogP contribution is -2.02. The van der Waals surface area contributed by atoms with E-state index in [9.17, 15) is 0 Å². The lowest BCUT2D eigenvalue weighted by Gasteiger charge is -1.93. The number of nitrogens with two attached hydrogens (primary N) is 1. The molecular formula is C9H13N5OS. The summed E-state index contributed by atoms with van der Waals surface area (Å²) in [7, 11) is 0. The molecule has 0 aliphatic heterocycles. The molecule has 0 aromatic carbocycles. The van der Waals surface area contributed by atoms with Crippen molar-refractivity contribution < 1.29 is 4.42 Å². The van der Waals surface area contributed by atoms with E-state index in [-0.39, 0.29) is 0 Å². The highest BCUT2D eigenvalue weighted by Gasteiger charge is 2.15. The van der Waals surface area contributed by atoms with Crippen LogP contribution in [0.2, 0.25) is 0 Å². The molecule has 6 nitrogen and oxygen atoms in total. The van der Waals surface area contributed by atoms with Gasteiger partial charge in [0.15, 0.2) is 0 Å². The zero-order chi connectivity index (χ0) is 11.4. The van der Waals surface area contributed by atoms with Gasteiger partial charge >= 0.3 is 0 Å². The Morgan fingerprint density at radius 2 is 2.12 bits per heavy atom. The van der Waals surface area contributed by atoms with Gasteiger partial charge in [0, 0.05) is 13.0 Å². The van der Waals surface area contributed by atoms with Crippen LogP contribution < -0.4 is 5.73 Å². The van der Waals surface area contributed by atoms with E-state index in [4.69, 9.17) is 10.2 Å². The fourth-order valence-corrected chi connectivity index (χ4v) is 1.97. The van der Waals surface area contributed by atoms with Crippen molar-refractivity contribution in [1.29, 1.82) is 0 Å². The van der Waals surface area contributed by atoms with Gasteiger partial charge in [0.2, 0.25) is 5.89 Å². The van der Waals surface area contributed by atoms with Crippen molar-refractivity contribution in [2.75, 3.05) is 6.54 Å². The summed E-state index contributed by atoms with van der Waals surface area (Å²) in [5, 5.41) is 11.9. The lowest BCUT2D eigenvalue weighted by atomic mass is 10.2. The minimum Gasteiger partial charge on any atom is -0.420 e. The SMILES string of the molecule is CCCc1nnsc1-c1nnc(CCN)o1. The molecule has 0 unspecified atom stereocenters. The summed E-state index contributed by atoms with van der Waals surface area (Å²) >= 11 is 1.29. The minimum absolute atomic E-state index is 0.502.